The number of nitrogens with zero attached hydrogens (tertiary/aromatic N) is 4. The van der Waals surface area contributed by atoms with E-state index < -0.39 is 5.60 Å². The van der Waals surface area contributed by atoms with Crippen molar-refractivity contribution in [1.29, 1.82) is 0 Å². The van der Waals surface area contributed by atoms with Gasteiger partial charge in [0.1, 0.15) is 11.5 Å². The molecule has 0 saturated heterocycles. The van der Waals surface area contributed by atoms with Gasteiger partial charge in [0, 0.05) is 19.4 Å². The first-order chi connectivity index (χ1) is 9.86. The third-order valence-corrected chi connectivity index (χ3v) is 2.89. The number of hydrogen-bond donors (Lipinski definition) is 0. The highest BCUT2D eigenvalue weighted by atomic mass is 16.5. The molecule has 1 amide bonds. The van der Waals surface area contributed by atoms with Crippen LogP contribution in [0.4, 0.5) is 0 Å². The largest absolute Gasteiger partial charge is 0.492 e. The molecule has 21 heavy (non-hydrogen) atoms. The monoisotopic (exact) mass is 290 g/mol. The van der Waals surface area contributed by atoms with Crippen LogP contribution >= 0.6 is 0 Å². The molecule has 0 unspecified atom stereocenters. The molecule has 1 aromatic heterocycles. The van der Waals surface area contributed by atoms with Crippen LogP contribution in [-0.4, -0.2) is 46.0 Å². The summed E-state index contributed by atoms with van der Waals surface area (Å²) < 4.78 is 11.0. The molecule has 0 aliphatic carbocycles. The Balaban J connectivity index is 2.45. The summed E-state index contributed by atoms with van der Waals surface area (Å²) in [7, 11) is 1.57. The zero-order valence-electron chi connectivity index (χ0n) is 12.6. The van der Waals surface area contributed by atoms with E-state index in [0.29, 0.717) is 23.8 Å². The summed E-state index contributed by atoms with van der Waals surface area (Å²) in [6.07, 6.45) is 3.06. The molecule has 0 spiro atoms. The van der Waals surface area contributed by atoms with E-state index in [1.165, 1.54) is 17.4 Å². The predicted octanol–water partition coefficient (Wildman–Crippen LogP) is 1.41. The fraction of sp³-hybridized carbons (Fsp3) is 0.429. The number of carbonyl (C=O) groups excluding carboxylic acids is 1. The van der Waals surface area contributed by atoms with Gasteiger partial charge in [0.25, 0.3) is 11.8 Å². The molecule has 1 aromatic rings. The Hall–Kier alpha value is -2.44. The molecule has 0 saturated carbocycles. The second-order valence-electron chi connectivity index (χ2n) is 4.96. The molecule has 7 heteroatoms. The molecule has 0 aromatic carbocycles. The topological polar surface area (TPSA) is 76.9 Å². The molecule has 0 fully saturated rings. The first-order valence-corrected chi connectivity index (χ1v) is 6.56. The van der Waals surface area contributed by atoms with E-state index in [0.717, 1.165) is 0 Å². The van der Waals surface area contributed by atoms with E-state index in [9.17, 15) is 4.79 Å². The Morgan fingerprint density at radius 2 is 2.10 bits per heavy atom. The molecule has 0 bridgehead atoms. The van der Waals surface area contributed by atoms with Crippen molar-refractivity contribution >= 4 is 17.6 Å². The molecule has 2 rings (SSSR count). The molecule has 0 N–H and O–H groups in total. The van der Waals surface area contributed by atoms with Crippen molar-refractivity contribution in [2.24, 2.45) is 5.10 Å². The van der Waals surface area contributed by atoms with Crippen LogP contribution in [0.1, 0.15) is 32.2 Å². The zero-order valence-corrected chi connectivity index (χ0v) is 12.6. The third-order valence-electron chi connectivity index (χ3n) is 2.89. The van der Waals surface area contributed by atoms with Gasteiger partial charge < -0.3 is 9.47 Å². The van der Waals surface area contributed by atoms with E-state index >= 15 is 0 Å². The average Bonchev–Trinajstić information content (AvgIpc) is 2.44. The summed E-state index contributed by atoms with van der Waals surface area (Å²) in [5, 5.41) is 5.35. The van der Waals surface area contributed by atoms with Crippen LogP contribution in [0.5, 0.6) is 0 Å². The lowest BCUT2D eigenvalue weighted by Gasteiger charge is -2.33. The maximum Gasteiger partial charge on any atom is 0.286 e. The molecule has 0 radical (unpaired) electrons. The van der Waals surface area contributed by atoms with Crippen molar-refractivity contribution < 1.29 is 14.3 Å². The molecular formula is C14H18N4O3. The minimum Gasteiger partial charge on any atom is -0.492 e. The molecule has 7 nitrogen and oxygen atoms in total. The minimum atomic E-state index is -1.02. The van der Waals surface area contributed by atoms with Gasteiger partial charge in [0.2, 0.25) is 0 Å². The van der Waals surface area contributed by atoms with Crippen LogP contribution in [0.15, 0.2) is 24.1 Å². The van der Waals surface area contributed by atoms with Crippen molar-refractivity contribution in [3.63, 3.8) is 0 Å². The lowest BCUT2D eigenvalue weighted by atomic mass is 10.1. The lowest BCUT2D eigenvalue weighted by molar-refractivity contribution is -0.148. The number of ether oxygens (including phenoxy) is 2. The highest BCUT2D eigenvalue weighted by Gasteiger charge is 2.39. The number of hydrogen-bond acceptors (Lipinski definition) is 6. The average molecular weight is 290 g/mol. The number of amides is 1. The summed E-state index contributed by atoms with van der Waals surface area (Å²) in [6.45, 7) is 9.49. The smallest absolute Gasteiger partial charge is 0.286 e. The first kappa shape index (κ1) is 15.0. The van der Waals surface area contributed by atoms with Crippen molar-refractivity contribution in [2.45, 2.75) is 26.4 Å². The Kier molecular flexibility index (Phi) is 3.93. The van der Waals surface area contributed by atoms with E-state index in [-0.39, 0.29) is 11.8 Å². The van der Waals surface area contributed by atoms with Crippen LogP contribution in [0.3, 0.4) is 0 Å². The van der Waals surface area contributed by atoms with Gasteiger partial charge in [-0.3, -0.25) is 4.79 Å². The number of aromatic nitrogens is 2. The molecular weight excluding hydrogens is 272 g/mol. The van der Waals surface area contributed by atoms with Crippen LogP contribution in [0.25, 0.3) is 5.76 Å². The van der Waals surface area contributed by atoms with Crippen LogP contribution < -0.4 is 0 Å². The second-order valence-corrected chi connectivity index (χ2v) is 4.96. The highest BCUT2D eigenvalue weighted by molar-refractivity contribution is 6.01. The quantitative estimate of drug-likeness (QED) is 0.784. The summed E-state index contributed by atoms with van der Waals surface area (Å²) in [4.78, 5) is 20.4. The van der Waals surface area contributed by atoms with Gasteiger partial charge in [-0.05, 0) is 20.8 Å². The number of rotatable bonds is 4. The minimum absolute atomic E-state index is 0.214. The van der Waals surface area contributed by atoms with Crippen LogP contribution in [-0.2, 0) is 14.3 Å². The van der Waals surface area contributed by atoms with Gasteiger partial charge in [-0.1, -0.05) is 6.58 Å². The maximum atomic E-state index is 12.0. The Morgan fingerprint density at radius 3 is 2.71 bits per heavy atom. The fourth-order valence-corrected chi connectivity index (χ4v) is 1.91. The number of carbonyl (C=O) groups is 1. The van der Waals surface area contributed by atoms with Gasteiger partial charge in [0.05, 0.1) is 6.61 Å². The van der Waals surface area contributed by atoms with E-state index in [4.69, 9.17) is 9.47 Å². The normalized spacial score (nSPS) is 17.0. The molecule has 2 heterocycles. The molecule has 1 aliphatic rings. The summed E-state index contributed by atoms with van der Waals surface area (Å²) in [5.74, 6) is 0.357. The van der Waals surface area contributed by atoms with Crippen molar-refractivity contribution in [2.75, 3.05) is 13.7 Å². The van der Waals surface area contributed by atoms with Gasteiger partial charge in [-0.15, -0.1) is 5.10 Å². The standard InChI is InChI=1S/C14H18N4O3/c1-6-20-9(2)10-11(16-8-7-15-10)12-17-18(5)13(19)14(3,4)21-12/h7-8H,2,6H2,1,3-5H3. The van der Waals surface area contributed by atoms with Crippen LogP contribution in [0.2, 0.25) is 0 Å². The molecule has 112 valence electrons. The van der Waals surface area contributed by atoms with Crippen molar-refractivity contribution in [3.05, 3.63) is 30.4 Å². The SMILES string of the molecule is C=C(OCC)c1nccnc1C1=NN(C)C(=O)C(C)(C)O1. The fourth-order valence-electron chi connectivity index (χ4n) is 1.91. The van der Waals surface area contributed by atoms with E-state index in [1.807, 2.05) is 6.92 Å². The van der Waals surface area contributed by atoms with Gasteiger partial charge >= 0.3 is 0 Å². The summed E-state index contributed by atoms with van der Waals surface area (Å²) in [6, 6.07) is 0. The molecule has 0 atom stereocenters. The number of hydrazone groups is 1. The van der Waals surface area contributed by atoms with Gasteiger partial charge in [-0.25, -0.2) is 15.0 Å². The zero-order chi connectivity index (χ0) is 15.6. The second kappa shape index (κ2) is 5.51. The van der Waals surface area contributed by atoms with Gasteiger partial charge in [-0.2, -0.15) is 0 Å². The highest BCUT2D eigenvalue weighted by Crippen LogP contribution is 2.24. The van der Waals surface area contributed by atoms with Crippen LogP contribution in [0, 0.1) is 0 Å². The first-order valence-electron chi connectivity index (χ1n) is 6.56. The van der Waals surface area contributed by atoms with Gasteiger partial charge in [0.15, 0.2) is 11.3 Å². The summed E-state index contributed by atoms with van der Waals surface area (Å²) in [5.41, 5.74) is -0.187. The van der Waals surface area contributed by atoms with Crippen molar-refractivity contribution in [1.82, 2.24) is 15.0 Å². The number of likely N-dealkylation sites (N-methyl/N-ethyl adjacent to an activating group) is 1. The maximum absolute atomic E-state index is 12.0. The summed E-state index contributed by atoms with van der Waals surface area (Å²) >= 11 is 0. The Bertz CT molecular complexity index is 610. The third kappa shape index (κ3) is 2.86. The van der Waals surface area contributed by atoms with E-state index in [2.05, 4.69) is 21.6 Å². The van der Waals surface area contributed by atoms with Crippen molar-refractivity contribution in [3.8, 4) is 0 Å². The van der Waals surface area contributed by atoms with E-state index in [1.54, 1.807) is 20.9 Å². The lowest BCUT2D eigenvalue weighted by Crippen LogP contribution is -2.49. The Labute approximate surface area is 123 Å². The molecule has 1 aliphatic heterocycles. The predicted molar refractivity (Wildman–Crippen MR) is 77.2 cm³/mol. The Morgan fingerprint density at radius 1 is 1.43 bits per heavy atom.